The van der Waals surface area contributed by atoms with Gasteiger partial charge in [0, 0.05) is 23.4 Å². The van der Waals surface area contributed by atoms with Crippen molar-refractivity contribution in [3.8, 4) is 0 Å². The van der Waals surface area contributed by atoms with Crippen LogP contribution in [0.15, 0.2) is 18.2 Å². The van der Waals surface area contributed by atoms with Gasteiger partial charge in [0.25, 0.3) is 5.69 Å². The number of halogens is 3. The lowest BCUT2D eigenvalue weighted by Crippen LogP contribution is -2.45. The normalized spacial score (nSPS) is 20.0. The van der Waals surface area contributed by atoms with Crippen molar-refractivity contribution in [2.24, 2.45) is 5.92 Å². The summed E-state index contributed by atoms with van der Waals surface area (Å²) < 4.78 is 38.4. The molecule has 0 bridgehead atoms. The molecule has 0 aromatic heterocycles. The lowest BCUT2D eigenvalue weighted by atomic mass is 9.85. The van der Waals surface area contributed by atoms with Crippen molar-refractivity contribution in [1.82, 2.24) is 5.32 Å². The molecule has 27 heavy (non-hydrogen) atoms. The number of rotatable bonds is 4. The fourth-order valence-electron chi connectivity index (χ4n) is 3.17. The number of hydrogen-bond donors (Lipinski definition) is 2. The average Bonchev–Trinajstić information content (AvgIpc) is 2.61. The largest absolute Gasteiger partial charge is 0.391 e. The van der Waals surface area contributed by atoms with E-state index in [1.807, 2.05) is 0 Å². The predicted octanol–water partition coefficient (Wildman–Crippen LogP) is 3.33. The number of nitrogens with one attached hydrogen (secondary N) is 2. The van der Waals surface area contributed by atoms with E-state index < -0.39 is 34.9 Å². The maximum Gasteiger partial charge on any atom is 0.391 e. The minimum absolute atomic E-state index is 0.00944. The summed E-state index contributed by atoms with van der Waals surface area (Å²) in [5, 5.41) is 15.6. The Morgan fingerprint density at radius 2 is 1.96 bits per heavy atom. The highest BCUT2D eigenvalue weighted by Gasteiger charge is 2.42. The van der Waals surface area contributed by atoms with Gasteiger partial charge in [-0.1, -0.05) is 19.4 Å². The lowest BCUT2D eigenvalue weighted by Gasteiger charge is -2.30. The Hall–Kier alpha value is -2.65. The number of aryl methyl sites for hydroxylation is 1. The van der Waals surface area contributed by atoms with Crippen molar-refractivity contribution in [2.45, 2.75) is 51.2 Å². The second-order valence-corrected chi connectivity index (χ2v) is 6.48. The van der Waals surface area contributed by atoms with Gasteiger partial charge in [0.05, 0.1) is 10.8 Å². The molecular weight excluding hydrogens is 367 g/mol. The zero-order valence-electron chi connectivity index (χ0n) is 14.6. The molecule has 2 rings (SSSR count). The Balaban J connectivity index is 1.99. The van der Waals surface area contributed by atoms with Crippen molar-refractivity contribution >= 4 is 23.2 Å². The summed E-state index contributed by atoms with van der Waals surface area (Å²) >= 11 is 0. The molecule has 1 saturated carbocycles. The first-order valence-electron chi connectivity index (χ1n) is 8.57. The molecule has 2 atom stereocenters. The van der Waals surface area contributed by atoms with Gasteiger partial charge in [-0.15, -0.1) is 0 Å². The molecule has 0 spiro atoms. The molecule has 1 aromatic carbocycles. The van der Waals surface area contributed by atoms with Crippen molar-refractivity contribution < 1.29 is 27.7 Å². The molecule has 1 aliphatic rings. The van der Waals surface area contributed by atoms with E-state index in [0.29, 0.717) is 24.8 Å². The van der Waals surface area contributed by atoms with Crippen LogP contribution in [0.5, 0.6) is 0 Å². The Bertz CT molecular complexity index is 737. The number of nitrogens with zero attached hydrogens (tertiary/aromatic N) is 1. The quantitative estimate of drug-likeness (QED) is 0.470. The zero-order chi connectivity index (χ0) is 20.2. The second-order valence-electron chi connectivity index (χ2n) is 6.48. The van der Waals surface area contributed by atoms with Gasteiger partial charge in [0.15, 0.2) is 0 Å². The third-order valence-corrected chi connectivity index (χ3v) is 4.60. The second kappa shape index (κ2) is 8.36. The van der Waals surface area contributed by atoms with Gasteiger partial charge >= 0.3 is 18.0 Å². The van der Waals surface area contributed by atoms with E-state index in [0.717, 1.165) is 6.07 Å². The number of nitro groups is 1. The van der Waals surface area contributed by atoms with E-state index in [2.05, 4.69) is 10.6 Å². The van der Waals surface area contributed by atoms with Gasteiger partial charge in [0.1, 0.15) is 0 Å². The molecule has 7 nitrogen and oxygen atoms in total. The van der Waals surface area contributed by atoms with Crippen LogP contribution in [-0.4, -0.2) is 29.0 Å². The van der Waals surface area contributed by atoms with E-state index >= 15 is 0 Å². The fraction of sp³-hybridized carbons (Fsp3) is 0.529. The molecule has 10 heteroatoms. The number of amides is 2. The number of hydrogen-bond acceptors (Lipinski definition) is 4. The van der Waals surface area contributed by atoms with Crippen LogP contribution in [0.4, 0.5) is 24.5 Å². The molecular formula is C17H20F3N3O4. The predicted molar refractivity (Wildman–Crippen MR) is 91.0 cm³/mol. The maximum atomic E-state index is 12.8. The minimum Gasteiger partial charge on any atom is -0.345 e. The van der Waals surface area contributed by atoms with Gasteiger partial charge in [0.2, 0.25) is 0 Å². The summed E-state index contributed by atoms with van der Waals surface area (Å²) in [7, 11) is 0. The van der Waals surface area contributed by atoms with Gasteiger partial charge in [-0.3, -0.25) is 19.7 Å². The van der Waals surface area contributed by atoms with Crippen LogP contribution < -0.4 is 10.6 Å². The number of carbonyl (C=O) groups excluding carboxylic acids is 2. The van der Waals surface area contributed by atoms with Crippen molar-refractivity contribution in [1.29, 1.82) is 0 Å². The summed E-state index contributed by atoms with van der Waals surface area (Å²) in [6.07, 6.45) is -3.49. The fourth-order valence-corrected chi connectivity index (χ4v) is 3.17. The van der Waals surface area contributed by atoms with Crippen molar-refractivity contribution in [3.05, 3.63) is 33.9 Å². The Kier molecular flexibility index (Phi) is 6.40. The molecule has 1 aliphatic carbocycles. The molecule has 2 N–H and O–H groups in total. The van der Waals surface area contributed by atoms with Crippen molar-refractivity contribution in [3.63, 3.8) is 0 Å². The average molecular weight is 387 g/mol. The van der Waals surface area contributed by atoms with Crippen LogP contribution in [-0.2, 0) is 16.0 Å². The third-order valence-electron chi connectivity index (χ3n) is 4.60. The highest BCUT2D eigenvalue weighted by molar-refractivity contribution is 6.39. The number of benzene rings is 1. The topological polar surface area (TPSA) is 101 Å². The Morgan fingerprint density at radius 1 is 1.26 bits per heavy atom. The van der Waals surface area contributed by atoms with Gasteiger partial charge in [-0.2, -0.15) is 13.2 Å². The monoisotopic (exact) mass is 387 g/mol. The van der Waals surface area contributed by atoms with E-state index in [1.54, 1.807) is 6.92 Å². The Labute approximate surface area is 153 Å². The van der Waals surface area contributed by atoms with Crippen LogP contribution in [0.25, 0.3) is 0 Å². The first-order chi connectivity index (χ1) is 12.6. The Morgan fingerprint density at radius 3 is 2.56 bits per heavy atom. The van der Waals surface area contributed by atoms with E-state index in [9.17, 15) is 32.9 Å². The van der Waals surface area contributed by atoms with Gasteiger partial charge in [-0.25, -0.2) is 0 Å². The molecule has 1 fully saturated rings. The molecule has 148 valence electrons. The van der Waals surface area contributed by atoms with Gasteiger partial charge in [-0.05, 0) is 31.7 Å². The van der Waals surface area contributed by atoms with E-state index in [1.165, 1.54) is 12.1 Å². The minimum atomic E-state index is -4.33. The van der Waals surface area contributed by atoms with Crippen LogP contribution in [0.1, 0.15) is 38.2 Å². The lowest BCUT2D eigenvalue weighted by molar-refractivity contribution is -0.385. The molecule has 0 aliphatic heterocycles. The number of alkyl halides is 3. The van der Waals surface area contributed by atoms with Crippen LogP contribution in [0.2, 0.25) is 0 Å². The first-order valence-corrected chi connectivity index (χ1v) is 8.57. The van der Waals surface area contributed by atoms with E-state index in [4.69, 9.17) is 0 Å². The SMILES string of the molecule is CCc1ccc(NC(=O)C(=O)NC2CCCC(C(F)(F)F)C2)cc1[N+](=O)[O-]. The summed E-state index contributed by atoms with van der Waals surface area (Å²) in [6.45, 7) is 1.74. The molecule has 0 saturated heterocycles. The highest BCUT2D eigenvalue weighted by Crippen LogP contribution is 2.37. The van der Waals surface area contributed by atoms with Crippen LogP contribution >= 0.6 is 0 Å². The van der Waals surface area contributed by atoms with Gasteiger partial charge < -0.3 is 10.6 Å². The van der Waals surface area contributed by atoms with Crippen LogP contribution in [0.3, 0.4) is 0 Å². The van der Waals surface area contributed by atoms with Crippen LogP contribution in [0, 0.1) is 16.0 Å². The molecule has 0 radical (unpaired) electrons. The summed E-state index contributed by atoms with van der Waals surface area (Å²) in [5.41, 5.74) is 0.356. The first kappa shape index (κ1) is 20.7. The number of carbonyl (C=O) groups is 2. The third kappa shape index (κ3) is 5.41. The summed E-state index contributed by atoms with van der Waals surface area (Å²) in [5.74, 6) is -3.64. The zero-order valence-corrected chi connectivity index (χ0v) is 14.6. The van der Waals surface area contributed by atoms with Crippen molar-refractivity contribution in [2.75, 3.05) is 5.32 Å². The summed E-state index contributed by atoms with van der Waals surface area (Å²) in [6, 6.07) is 3.31. The summed E-state index contributed by atoms with van der Waals surface area (Å²) in [4.78, 5) is 34.4. The van der Waals surface area contributed by atoms with E-state index in [-0.39, 0.29) is 24.2 Å². The maximum absolute atomic E-state index is 12.8. The highest BCUT2D eigenvalue weighted by atomic mass is 19.4. The number of anilines is 1. The number of nitro benzene ring substituents is 1. The molecule has 2 amide bonds. The molecule has 2 unspecified atom stereocenters. The molecule has 0 heterocycles. The molecule has 1 aromatic rings. The smallest absolute Gasteiger partial charge is 0.345 e. The standard InChI is InChI=1S/C17H20F3N3O4/c1-2-10-6-7-13(9-14(10)23(26)27)22-16(25)15(24)21-12-5-3-4-11(8-12)17(18,19)20/h6-7,9,11-12H,2-5,8H2,1H3,(H,21,24)(H,22,25).